The molecule has 0 radical (unpaired) electrons. The Hall–Kier alpha value is -3.87. The lowest BCUT2D eigenvalue weighted by Crippen LogP contribution is -2.19. The monoisotopic (exact) mass is 514 g/mol. The molecule has 1 unspecified atom stereocenters. The highest BCUT2D eigenvalue weighted by molar-refractivity contribution is 8.00. The highest BCUT2D eigenvalue weighted by Gasteiger charge is 2.22. The van der Waals surface area contributed by atoms with E-state index in [4.69, 9.17) is 11.6 Å². The van der Waals surface area contributed by atoms with Crippen LogP contribution in [0.4, 0.5) is 11.4 Å². The van der Waals surface area contributed by atoms with Gasteiger partial charge in [-0.3, -0.25) is 14.4 Å². The van der Waals surface area contributed by atoms with Crippen LogP contribution in [-0.2, 0) is 4.79 Å². The molecule has 1 atom stereocenters. The minimum absolute atomic E-state index is 0.0298. The van der Waals surface area contributed by atoms with Crippen LogP contribution in [-0.4, -0.2) is 17.6 Å². The van der Waals surface area contributed by atoms with Crippen molar-refractivity contribution in [3.8, 4) is 0 Å². The van der Waals surface area contributed by atoms with Crippen molar-refractivity contribution in [2.24, 2.45) is 0 Å². The molecular weight excluding hydrogens is 492 g/mol. The van der Waals surface area contributed by atoms with Gasteiger partial charge in [-0.2, -0.15) is 0 Å². The summed E-state index contributed by atoms with van der Waals surface area (Å²) in [4.78, 5) is 38.1. The molecule has 0 aliphatic heterocycles. The largest absolute Gasteiger partial charge is 0.325 e. The first-order valence-electron chi connectivity index (χ1n) is 11.2. The van der Waals surface area contributed by atoms with Crippen molar-refractivity contribution in [3.63, 3.8) is 0 Å². The molecule has 0 saturated heterocycles. The van der Waals surface area contributed by atoms with Gasteiger partial charge in [0.1, 0.15) is 5.25 Å². The van der Waals surface area contributed by atoms with Gasteiger partial charge in [0.2, 0.25) is 5.91 Å². The van der Waals surface area contributed by atoms with Crippen molar-refractivity contribution in [1.29, 1.82) is 0 Å². The zero-order chi connectivity index (χ0) is 25.5. The van der Waals surface area contributed by atoms with Gasteiger partial charge in [-0.05, 0) is 79.2 Å². The molecule has 5 nitrogen and oxygen atoms in total. The third kappa shape index (κ3) is 6.62. The fourth-order valence-electron chi connectivity index (χ4n) is 3.48. The molecule has 4 aromatic carbocycles. The van der Waals surface area contributed by atoms with Gasteiger partial charge in [0.25, 0.3) is 5.91 Å². The Morgan fingerprint density at radius 2 is 1.36 bits per heavy atom. The quantitative estimate of drug-likeness (QED) is 0.191. The summed E-state index contributed by atoms with van der Waals surface area (Å²) in [5.41, 5.74) is 3.17. The van der Waals surface area contributed by atoms with Crippen molar-refractivity contribution >= 4 is 52.3 Å². The van der Waals surface area contributed by atoms with E-state index >= 15 is 0 Å². The lowest BCUT2D eigenvalue weighted by atomic mass is 10.1. The first kappa shape index (κ1) is 25.2. The Bertz CT molecular complexity index is 1370. The van der Waals surface area contributed by atoms with Crippen LogP contribution in [0, 0.1) is 0 Å². The Morgan fingerprint density at radius 1 is 0.722 bits per heavy atom. The summed E-state index contributed by atoms with van der Waals surface area (Å²) in [5, 5.41) is 5.79. The van der Waals surface area contributed by atoms with Gasteiger partial charge in [-0.15, -0.1) is 11.8 Å². The molecule has 0 aliphatic rings. The van der Waals surface area contributed by atoms with E-state index in [2.05, 4.69) is 10.6 Å². The molecule has 0 spiro atoms. The predicted octanol–water partition coefficient (Wildman–Crippen LogP) is 7.27. The number of anilines is 2. The number of hydrogen-bond donors (Lipinski definition) is 2. The molecule has 0 saturated carbocycles. The number of carbonyl (C=O) groups is 3. The van der Waals surface area contributed by atoms with Crippen LogP contribution >= 0.6 is 23.4 Å². The zero-order valence-electron chi connectivity index (χ0n) is 19.4. The summed E-state index contributed by atoms with van der Waals surface area (Å²) in [6.45, 7) is 1.50. The van der Waals surface area contributed by atoms with Crippen molar-refractivity contribution in [3.05, 3.63) is 125 Å². The van der Waals surface area contributed by atoms with E-state index < -0.39 is 5.25 Å². The van der Waals surface area contributed by atoms with Gasteiger partial charge in [0.15, 0.2) is 5.78 Å². The summed E-state index contributed by atoms with van der Waals surface area (Å²) in [7, 11) is 0. The molecule has 2 amide bonds. The molecule has 2 N–H and O–H groups in total. The maximum atomic E-state index is 13.3. The van der Waals surface area contributed by atoms with Gasteiger partial charge in [0, 0.05) is 32.4 Å². The number of Topliss-reactive ketones (excluding diaryl/α,β-unsaturated/α-hetero) is 1. The van der Waals surface area contributed by atoms with Crippen LogP contribution in [0.25, 0.3) is 0 Å². The fraction of sp³-hybridized carbons (Fsp3) is 0.0690. The standard InChI is InChI=1S/C29H23ClN2O3S/c1-19(33)20-10-12-24(13-11-20)32-29(35)27(21-6-3-2-4-7-21)36-26-16-14-25(15-17-26)31-28(34)22-8-5-9-23(30)18-22/h2-18,27H,1H3,(H,31,34)(H,32,35). The second-order valence-corrected chi connectivity index (χ2v) is 9.64. The Balaban J connectivity index is 1.48. The summed E-state index contributed by atoms with van der Waals surface area (Å²) >= 11 is 7.39. The molecule has 4 aromatic rings. The number of benzene rings is 4. The van der Waals surface area contributed by atoms with Crippen LogP contribution in [0.5, 0.6) is 0 Å². The molecule has 36 heavy (non-hydrogen) atoms. The number of ketones is 1. The maximum Gasteiger partial charge on any atom is 0.255 e. The molecule has 7 heteroatoms. The summed E-state index contributed by atoms with van der Waals surface area (Å²) < 4.78 is 0. The minimum Gasteiger partial charge on any atom is -0.325 e. The second-order valence-electron chi connectivity index (χ2n) is 8.02. The molecule has 0 aliphatic carbocycles. The van der Waals surface area contributed by atoms with Gasteiger partial charge >= 0.3 is 0 Å². The molecule has 4 rings (SSSR count). The van der Waals surface area contributed by atoms with Crippen LogP contribution in [0.2, 0.25) is 5.02 Å². The van der Waals surface area contributed by atoms with Gasteiger partial charge in [-0.25, -0.2) is 0 Å². The minimum atomic E-state index is -0.509. The number of carbonyl (C=O) groups excluding carboxylic acids is 3. The lowest BCUT2D eigenvalue weighted by molar-refractivity contribution is -0.115. The summed E-state index contributed by atoms with van der Waals surface area (Å²) in [5.74, 6) is -0.465. The van der Waals surface area contributed by atoms with Crippen molar-refractivity contribution in [2.75, 3.05) is 10.6 Å². The van der Waals surface area contributed by atoms with Gasteiger partial charge in [0.05, 0.1) is 0 Å². The number of rotatable bonds is 8. The topological polar surface area (TPSA) is 75.3 Å². The Kier molecular flexibility index (Phi) is 8.21. The zero-order valence-corrected chi connectivity index (χ0v) is 21.0. The average molecular weight is 515 g/mol. The first-order valence-corrected chi connectivity index (χ1v) is 12.5. The van der Waals surface area contributed by atoms with E-state index in [1.54, 1.807) is 60.7 Å². The molecule has 0 bridgehead atoms. The Morgan fingerprint density at radius 3 is 2.00 bits per heavy atom. The maximum absolute atomic E-state index is 13.3. The summed E-state index contributed by atoms with van der Waals surface area (Å²) in [6.07, 6.45) is 0. The van der Waals surface area contributed by atoms with Gasteiger partial charge in [-0.1, -0.05) is 48.0 Å². The number of halogens is 1. The average Bonchev–Trinajstić information content (AvgIpc) is 2.89. The fourth-order valence-corrected chi connectivity index (χ4v) is 4.70. The van der Waals surface area contributed by atoms with Gasteiger partial charge < -0.3 is 10.6 Å². The molecule has 180 valence electrons. The normalized spacial score (nSPS) is 11.4. The number of thioether (sulfide) groups is 1. The number of nitrogens with one attached hydrogen (secondary N) is 2. The predicted molar refractivity (Wildman–Crippen MR) is 146 cm³/mol. The van der Waals surface area contributed by atoms with Crippen molar-refractivity contribution < 1.29 is 14.4 Å². The SMILES string of the molecule is CC(=O)c1ccc(NC(=O)C(Sc2ccc(NC(=O)c3cccc(Cl)c3)cc2)c2ccccc2)cc1. The van der Waals surface area contributed by atoms with Crippen LogP contribution in [0.3, 0.4) is 0 Å². The van der Waals surface area contributed by atoms with Crippen LogP contribution in [0.1, 0.15) is 38.5 Å². The van der Waals surface area contributed by atoms with Crippen molar-refractivity contribution in [1.82, 2.24) is 0 Å². The van der Waals surface area contributed by atoms with Crippen LogP contribution < -0.4 is 10.6 Å². The van der Waals surface area contributed by atoms with E-state index in [1.165, 1.54) is 18.7 Å². The van der Waals surface area contributed by atoms with Crippen molar-refractivity contribution in [2.45, 2.75) is 17.1 Å². The molecular formula is C29H23ClN2O3S. The van der Waals surface area contributed by atoms with E-state index in [0.717, 1.165) is 10.5 Å². The first-order chi connectivity index (χ1) is 17.4. The number of amides is 2. The van der Waals surface area contributed by atoms with E-state index in [0.29, 0.717) is 27.5 Å². The van der Waals surface area contributed by atoms with E-state index in [1.807, 2.05) is 42.5 Å². The molecule has 0 fully saturated rings. The number of hydrogen-bond acceptors (Lipinski definition) is 4. The highest BCUT2D eigenvalue weighted by atomic mass is 35.5. The molecule has 0 aromatic heterocycles. The Labute approximate surface area is 218 Å². The molecule has 0 heterocycles. The third-order valence-corrected chi connectivity index (χ3v) is 6.85. The van der Waals surface area contributed by atoms with E-state index in [-0.39, 0.29) is 17.6 Å². The second kappa shape index (κ2) is 11.7. The lowest BCUT2D eigenvalue weighted by Gasteiger charge is -2.17. The highest BCUT2D eigenvalue weighted by Crippen LogP contribution is 2.36. The van der Waals surface area contributed by atoms with E-state index in [9.17, 15) is 14.4 Å². The smallest absolute Gasteiger partial charge is 0.255 e. The third-order valence-electron chi connectivity index (χ3n) is 5.35. The van der Waals surface area contributed by atoms with Crippen LogP contribution in [0.15, 0.2) is 108 Å². The summed E-state index contributed by atoms with van der Waals surface area (Å²) in [6, 6.07) is 30.4.